The number of halogens is 1. The van der Waals surface area contributed by atoms with Crippen molar-refractivity contribution in [2.75, 3.05) is 0 Å². The van der Waals surface area contributed by atoms with E-state index in [0.29, 0.717) is 12.2 Å². The molecular weight excluding hydrogens is 240 g/mol. The molecule has 0 unspecified atom stereocenters. The van der Waals surface area contributed by atoms with Crippen molar-refractivity contribution in [3.63, 3.8) is 0 Å². The third-order valence-electron chi connectivity index (χ3n) is 2.20. The molecule has 0 aliphatic carbocycles. The first-order valence-electron chi connectivity index (χ1n) is 4.95. The van der Waals surface area contributed by atoms with Crippen molar-refractivity contribution in [1.29, 1.82) is 0 Å². The number of carboxylic acids is 1. The van der Waals surface area contributed by atoms with E-state index in [-0.39, 0.29) is 10.7 Å². The molecule has 0 aliphatic heterocycles. The lowest BCUT2D eigenvalue weighted by Gasteiger charge is -2.02. The smallest absolute Gasteiger partial charge is 0.356 e. The van der Waals surface area contributed by atoms with E-state index in [2.05, 4.69) is 9.97 Å². The topological polar surface area (TPSA) is 63.1 Å². The lowest BCUT2D eigenvalue weighted by Crippen LogP contribution is -2.06. The predicted molar refractivity (Wildman–Crippen MR) is 63.2 cm³/mol. The van der Waals surface area contributed by atoms with Gasteiger partial charge in [-0.05, 0) is 5.56 Å². The minimum atomic E-state index is -1.15. The SMILES string of the molecule is O=C(O)c1nc(Cc2ccccc2)ncc1Cl. The van der Waals surface area contributed by atoms with Crippen LogP contribution < -0.4 is 0 Å². The Hall–Kier alpha value is -1.94. The molecule has 1 aromatic carbocycles. The molecule has 0 aliphatic rings. The molecule has 2 aromatic rings. The Balaban J connectivity index is 2.29. The van der Waals surface area contributed by atoms with Crippen molar-refractivity contribution in [3.05, 3.63) is 58.6 Å². The molecule has 0 radical (unpaired) electrons. The van der Waals surface area contributed by atoms with Crippen molar-refractivity contribution < 1.29 is 9.90 Å². The molecule has 0 fully saturated rings. The number of aromatic nitrogens is 2. The normalized spacial score (nSPS) is 10.2. The molecule has 0 amide bonds. The van der Waals surface area contributed by atoms with Crippen LogP contribution in [-0.4, -0.2) is 21.0 Å². The Morgan fingerprint density at radius 1 is 1.29 bits per heavy atom. The first-order chi connectivity index (χ1) is 8.16. The highest BCUT2D eigenvalue weighted by Crippen LogP contribution is 2.13. The zero-order valence-electron chi connectivity index (χ0n) is 8.80. The largest absolute Gasteiger partial charge is 0.476 e. The van der Waals surface area contributed by atoms with E-state index in [1.54, 1.807) is 0 Å². The summed E-state index contributed by atoms with van der Waals surface area (Å²) in [6.45, 7) is 0. The van der Waals surface area contributed by atoms with E-state index in [1.807, 2.05) is 30.3 Å². The molecule has 86 valence electrons. The number of nitrogens with zero attached hydrogens (tertiary/aromatic N) is 2. The van der Waals surface area contributed by atoms with Crippen LogP contribution in [0.5, 0.6) is 0 Å². The van der Waals surface area contributed by atoms with Crippen LogP contribution in [-0.2, 0) is 6.42 Å². The Labute approximate surface area is 103 Å². The summed E-state index contributed by atoms with van der Waals surface area (Å²) in [4.78, 5) is 18.8. The summed E-state index contributed by atoms with van der Waals surface area (Å²) < 4.78 is 0. The van der Waals surface area contributed by atoms with Gasteiger partial charge in [-0.2, -0.15) is 0 Å². The summed E-state index contributed by atoms with van der Waals surface area (Å²) >= 11 is 5.69. The van der Waals surface area contributed by atoms with Crippen LogP contribution in [0, 0.1) is 0 Å². The van der Waals surface area contributed by atoms with Crippen molar-refractivity contribution in [2.24, 2.45) is 0 Å². The number of hydrogen-bond donors (Lipinski definition) is 1. The molecule has 17 heavy (non-hydrogen) atoms. The van der Waals surface area contributed by atoms with Crippen LogP contribution in [0.1, 0.15) is 21.9 Å². The fourth-order valence-corrected chi connectivity index (χ4v) is 1.59. The second-order valence-corrected chi connectivity index (χ2v) is 3.86. The van der Waals surface area contributed by atoms with Crippen LogP contribution >= 0.6 is 11.6 Å². The Kier molecular flexibility index (Phi) is 3.35. The maximum atomic E-state index is 10.9. The molecule has 1 N–H and O–H groups in total. The lowest BCUT2D eigenvalue weighted by molar-refractivity contribution is 0.0690. The van der Waals surface area contributed by atoms with Crippen molar-refractivity contribution in [3.8, 4) is 0 Å². The van der Waals surface area contributed by atoms with Crippen LogP contribution in [0.25, 0.3) is 0 Å². The van der Waals surface area contributed by atoms with Crippen LogP contribution in [0.2, 0.25) is 5.02 Å². The average Bonchev–Trinajstić information content (AvgIpc) is 2.32. The number of carbonyl (C=O) groups is 1. The molecule has 4 nitrogen and oxygen atoms in total. The summed E-state index contributed by atoms with van der Waals surface area (Å²) in [6.07, 6.45) is 1.80. The van der Waals surface area contributed by atoms with Gasteiger partial charge >= 0.3 is 5.97 Å². The van der Waals surface area contributed by atoms with Gasteiger partial charge in [-0.3, -0.25) is 0 Å². The second kappa shape index (κ2) is 4.93. The molecular formula is C12H9ClN2O2. The number of rotatable bonds is 3. The zero-order chi connectivity index (χ0) is 12.3. The summed E-state index contributed by atoms with van der Waals surface area (Å²) in [7, 11) is 0. The Bertz CT molecular complexity index is 543. The highest BCUT2D eigenvalue weighted by Gasteiger charge is 2.12. The highest BCUT2D eigenvalue weighted by atomic mass is 35.5. The molecule has 1 heterocycles. The monoisotopic (exact) mass is 248 g/mol. The fraction of sp³-hybridized carbons (Fsp3) is 0.0833. The summed E-state index contributed by atoms with van der Waals surface area (Å²) in [5.74, 6) is -0.704. The number of hydrogen-bond acceptors (Lipinski definition) is 3. The van der Waals surface area contributed by atoms with E-state index >= 15 is 0 Å². The van der Waals surface area contributed by atoms with Crippen LogP contribution in [0.4, 0.5) is 0 Å². The maximum Gasteiger partial charge on any atom is 0.356 e. The standard InChI is InChI=1S/C12H9ClN2O2/c13-9-7-14-10(15-11(9)12(16)17)6-8-4-2-1-3-5-8/h1-5,7H,6H2,(H,16,17). The predicted octanol–water partition coefficient (Wildman–Crippen LogP) is 2.42. The molecule has 1 aromatic heterocycles. The van der Waals surface area contributed by atoms with Gasteiger partial charge in [0.1, 0.15) is 5.82 Å². The lowest BCUT2D eigenvalue weighted by atomic mass is 10.1. The van der Waals surface area contributed by atoms with Gasteiger partial charge in [-0.1, -0.05) is 41.9 Å². The minimum Gasteiger partial charge on any atom is -0.476 e. The fourth-order valence-electron chi connectivity index (χ4n) is 1.42. The molecule has 0 saturated heterocycles. The van der Waals surface area contributed by atoms with Gasteiger partial charge in [-0.25, -0.2) is 14.8 Å². The summed E-state index contributed by atoms with van der Waals surface area (Å²) in [5.41, 5.74) is 0.860. The molecule has 0 spiro atoms. The highest BCUT2D eigenvalue weighted by molar-refractivity contribution is 6.33. The van der Waals surface area contributed by atoms with Crippen LogP contribution in [0.3, 0.4) is 0 Å². The first kappa shape index (κ1) is 11.5. The molecule has 0 saturated carbocycles. The quantitative estimate of drug-likeness (QED) is 0.906. The molecule has 2 rings (SSSR count). The van der Waals surface area contributed by atoms with Gasteiger partial charge in [0.05, 0.1) is 11.2 Å². The molecule has 0 bridgehead atoms. The first-order valence-corrected chi connectivity index (χ1v) is 5.33. The van der Waals surface area contributed by atoms with Gasteiger partial charge in [0.25, 0.3) is 0 Å². The van der Waals surface area contributed by atoms with Crippen LogP contribution in [0.15, 0.2) is 36.5 Å². The minimum absolute atomic E-state index is 0.0503. The average molecular weight is 249 g/mol. The third-order valence-corrected chi connectivity index (χ3v) is 2.48. The van der Waals surface area contributed by atoms with Gasteiger partial charge < -0.3 is 5.11 Å². The number of carboxylic acid groups (broad SMARTS) is 1. The second-order valence-electron chi connectivity index (χ2n) is 3.45. The van der Waals surface area contributed by atoms with E-state index in [0.717, 1.165) is 5.56 Å². The molecule has 0 atom stereocenters. The molecule has 5 heteroatoms. The van der Waals surface area contributed by atoms with Crippen molar-refractivity contribution >= 4 is 17.6 Å². The maximum absolute atomic E-state index is 10.9. The van der Waals surface area contributed by atoms with Gasteiger partial charge in [0.2, 0.25) is 0 Å². The van der Waals surface area contributed by atoms with Gasteiger partial charge in [0, 0.05) is 6.42 Å². The zero-order valence-corrected chi connectivity index (χ0v) is 9.55. The van der Waals surface area contributed by atoms with E-state index in [1.165, 1.54) is 6.20 Å². The van der Waals surface area contributed by atoms with E-state index in [9.17, 15) is 4.79 Å². The Morgan fingerprint density at radius 3 is 2.65 bits per heavy atom. The summed E-state index contributed by atoms with van der Waals surface area (Å²) in [6, 6.07) is 9.58. The Morgan fingerprint density at radius 2 is 2.00 bits per heavy atom. The third kappa shape index (κ3) is 2.79. The summed E-state index contributed by atoms with van der Waals surface area (Å²) in [5, 5.41) is 8.93. The number of benzene rings is 1. The van der Waals surface area contributed by atoms with E-state index < -0.39 is 5.97 Å². The van der Waals surface area contributed by atoms with Crippen molar-refractivity contribution in [1.82, 2.24) is 9.97 Å². The van der Waals surface area contributed by atoms with Crippen molar-refractivity contribution in [2.45, 2.75) is 6.42 Å². The van der Waals surface area contributed by atoms with Gasteiger partial charge in [-0.15, -0.1) is 0 Å². The van der Waals surface area contributed by atoms with E-state index in [4.69, 9.17) is 16.7 Å². The number of aromatic carboxylic acids is 1. The van der Waals surface area contributed by atoms with Gasteiger partial charge in [0.15, 0.2) is 5.69 Å².